The number of benzene rings is 2. The summed E-state index contributed by atoms with van der Waals surface area (Å²) in [5.41, 5.74) is 10.4. The Morgan fingerprint density at radius 1 is 1.09 bits per heavy atom. The molecule has 4 rings (SSSR count). The Kier molecular flexibility index (Phi) is 4.71. The van der Waals surface area contributed by atoms with E-state index in [0.29, 0.717) is 4.99 Å². The van der Waals surface area contributed by atoms with Crippen LogP contribution >= 0.6 is 36.4 Å². The normalized spacial score (nSPS) is 15.2. The van der Waals surface area contributed by atoms with Crippen LogP contribution in [0, 0.1) is 0 Å². The molecule has 1 fully saturated rings. The Balaban J connectivity index is 0.00000156. The third-order valence-corrected chi connectivity index (χ3v) is 5.55. The molecule has 0 aliphatic carbocycles. The van der Waals surface area contributed by atoms with Crippen LogP contribution in [-0.2, 0) is 0 Å². The van der Waals surface area contributed by atoms with Crippen molar-refractivity contribution in [3.05, 3.63) is 42.0 Å². The summed E-state index contributed by atoms with van der Waals surface area (Å²) in [5.74, 6) is 0. The molecule has 3 nitrogen and oxygen atoms in total. The van der Waals surface area contributed by atoms with Crippen LogP contribution in [0.3, 0.4) is 0 Å². The van der Waals surface area contributed by atoms with Gasteiger partial charge in [-0.2, -0.15) is 0 Å². The number of nitrogens with two attached hydrogens (primary N) is 1. The van der Waals surface area contributed by atoms with E-state index in [-0.39, 0.29) is 12.4 Å². The van der Waals surface area contributed by atoms with E-state index in [4.69, 9.17) is 18.0 Å². The molecule has 2 aromatic rings. The molecule has 0 aromatic heterocycles. The summed E-state index contributed by atoms with van der Waals surface area (Å²) in [6.07, 6.45) is 2.45. The summed E-state index contributed by atoms with van der Waals surface area (Å²) in [5, 5.41) is 3.60. The number of para-hydroxylation sites is 1. The van der Waals surface area contributed by atoms with Crippen molar-refractivity contribution in [2.45, 2.75) is 22.6 Å². The second-order valence-electron chi connectivity index (χ2n) is 5.62. The Bertz CT molecular complexity index is 757. The highest BCUT2D eigenvalue weighted by atomic mass is 35.5. The molecule has 23 heavy (non-hydrogen) atoms. The molecule has 1 saturated heterocycles. The van der Waals surface area contributed by atoms with Crippen molar-refractivity contribution < 1.29 is 0 Å². The number of nitrogens with zero attached hydrogens (tertiary/aromatic N) is 1. The van der Waals surface area contributed by atoms with Gasteiger partial charge in [0.25, 0.3) is 0 Å². The van der Waals surface area contributed by atoms with Gasteiger partial charge in [0.1, 0.15) is 4.99 Å². The van der Waals surface area contributed by atoms with Gasteiger partial charge in [0.15, 0.2) is 0 Å². The largest absolute Gasteiger partial charge is 0.389 e. The summed E-state index contributed by atoms with van der Waals surface area (Å²) >= 11 is 7.09. The van der Waals surface area contributed by atoms with Crippen LogP contribution in [0.25, 0.3) is 0 Å². The highest BCUT2D eigenvalue weighted by Gasteiger charge is 2.26. The lowest BCUT2D eigenvalue weighted by molar-refractivity contribution is 0.949. The predicted molar refractivity (Wildman–Crippen MR) is 105 cm³/mol. The SMILES string of the molecule is Cl.NC(=S)c1ccc2c(c1N1CCCC1)Nc1ccccc1S2. The molecule has 0 radical (unpaired) electrons. The van der Waals surface area contributed by atoms with Gasteiger partial charge >= 0.3 is 0 Å². The molecule has 0 amide bonds. The van der Waals surface area contributed by atoms with E-state index in [1.165, 1.54) is 28.3 Å². The lowest BCUT2D eigenvalue weighted by Crippen LogP contribution is -2.24. The van der Waals surface area contributed by atoms with Crippen molar-refractivity contribution in [1.29, 1.82) is 0 Å². The van der Waals surface area contributed by atoms with Crippen molar-refractivity contribution in [1.82, 2.24) is 0 Å². The third-order valence-electron chi connectivity index (χ3n) is 4.19. The number of nitrogens with one attached hydrogen (secondary N) is 1. The van der Waals surface area contributed by atoms with Crippen molar-refractivity contribution in [3.8, 4) is 0 Å². The third kappa shape index (κ3) is 2.89. The van der Waals surface area contributed by atoms with Gasteiger partial charge in [-0.3, -0.25) is 0 Å². The first kappa shape index (κ1) is 16.4. The monoisotopic (exact) mass is 363 g/mol. The molecular formula is C17H18ClN3S2. The van der Waals surface area contributed by atoms with E-state index in [1.807, 2.05) is 0 Å². The summed E-state index contributed by atoms with van der Waals surface area (Å²) in [6.45, 7) is 2.14. The van der Waals surface area contributed by atoms with Gasteiger partial charge in [0.2, 0.25) is 0 Å². The van der Waals surface area contributed by atoms with E-state index in [2.05, 4.69) is 46.6 Å². The van der Waals surface area contributed by atoms with Gasteiger partial charge in [-0.1, -0.05) is 36.1 Å². The smallest absolute Gasteiger partial charge is 0.106 e. The average molecular weight is 364 g/mol. The molecule has 0 atom stereocenters. The summed E-state index contributed by atoms with van der Waals surface area (Å²) in [7, 11) is 0. The van der Waals surface area contributed by atoms with Gasteiger partial charge in [-0.25, -0.2) is 0 Å². The molecule has 0 spiro atoms. The molecular weight excluding hydrogens is 346 g/mol. The number of halogens is 1. The fraction of sp³-hybridized carbons (Fsp3) is 0.235. The van der Waals surface area contributed by atoms with Crippen molar-refractivity contribution in [2.24, 2.45) is 5.73 Å². The second-order valence-corrected chi connectivity index (χ2v) is 7.14. The summed E-state index contributed by atoms with van der Waals surface area (Å²) in [6, 6.07) is 12.6. The first-order chi connectivity index (χ1) is 10.7. The van der Waals surface area contributed by atoms with Crippen molar-refractivity contribution in [2.75, 3.05) is 23.3 Å². The number of hydrogen-bond acceptors (Lipinski definition) is 4. The highest BCUT2D eigenvalue weighted by Crippen LogP contribution is 2.49. The number of hydrogen-bond donors (Lipinski definition) is 2. The first-order valence-electron chi connectivity index (χ1n) is 7.50. The van der Waals surface area contributed by atoms with Crippen LogP contribution in [0.5, 0.6) is 0 Å². The van der Waals surface area contributed by atoms with Crippen LogP contribution in [0.1, 0.15) is 18.4 Å². The summed E-state index contributed by atoms with van der Waals surface area (Å²) in [4.78, 5) is 5.37. The Hall–Kier alpha value is -1.43. The minimum Gasteiger partial charge on any atom is -0.389 e. The topological polar surface area (TPSA) is 41.3 Å². The van der Waals surface area contributed by atoms with E-state index in [0.717, 1.165) is 30.0 Å². The van der Waals surface area contributed by atoms with Crippen LogP contribution < -0.4 is 16.0 Å². The van der Waals surface area contributed by atoms with Gasteiger partial charge < -0.3 is 16.0 Å². The second kappa shape index (κ2) is 6.59. The van der Waals surface area contributed by atoms with Crippen molar-refractivity contribution >= 4 is 58.4 Å². The molecule has 2 aromatic carbocycles. The molecule has 0 bridgehead atoms. The lowest BCUT2D eigenvalue weighted by Gasteiger charge is -2.29. The number of fused-ring (bicyclic) bond motifs is 2. The molecule has 0 saturated carbocycles. The zero-order valence-corrected chi connectivity index (χ0v) is 15.0. The fourth-order valence-electron chi connectivity index (χ4n) is 3.16. The van der Waals surface area contributed by atoms with Gasteiger partial charge in [-0.05, 0) is 37.1 Å². The van der Waals surface area contributed by atoms with Crippen molar-refractivity contribution in [3.63, 3.8) is 0 Å². The Morgan fingerprint density at radius 2 is 1.83 bits per heavy atom. The molecule has 0 unspecified atom stereocenters. The van der Waals surface area contributed by atoms with Gasteiger partial charge in [0.05, 0.1) is 17.1 Å². The number of thiocarbonyl (C=S) groups is 1. The first-order valence-corrected chi connectivity index (χ1v) is 8.72. The van der Waals surface area contributed by atoms with Crippen LogP contribution in [-0.4, -0.2) is 18.1 Å². The van der Waals surface area contributed by atoms with E-state index < -0.39 is 0 Å². The van der Waals surface area contributed by atoms with Crippen LogP contribution in [0.15, 0.2) is 46.2 Å². The quantitative estimate of drug-likeness (QED) is 0.653. The average Bonchev–Trinajstić information content (AvgIpc) is 3.05. The highest BCUT2D eigenvalue weighted by molar-refractivity contribution is 7.99. The van der Waals surface area contributed by atoms with E-state index in [9.17, 15) is 0 Å². The maximum atomic E-state index is 5.98. The van der Waals surface area contributed by atoms with Crippen LogP contribution in [0.4, 0.5) is 17.1 Å². The molecule has 120 valence electrons. The number of rotatable bonds is 2. The molecule has 2 heterocycles. The predicted octanol–water partition coefficient (Wildman–Crippen LogP) is 4.55. The zero-order chi connectivity index (χ0) is 15.1. The van der Waals surface area contributed by atoms with Gasteiger partial charge in [-0.15, -0.1) is 12.4 Å². The molecule has 2 aliphatic heterocycles. The van der Waals surface area contributed by atoms with Crippen LogP contribution in [0.2, 0.25) is 0 Å². The van der Waals surface area contributed by atoms with E-state index >= 15 is 0 Å². The van der Waals surface area contributed by atoms with E-state index in [1.54, 1.807) is 11.8 Å². The standard InChI is InChI=1S/C17H17N3S2.ClH/c18-17(21)11-7-8-14-15(16(11)20-9-3-4-10-20)19-12-5-1-2-6-13(12)22-14;/h1-2,5-8,19H,3-4,9-10H2,(H2,18,21);1H. The Morgan fingerprint density at radius 3 is 2.57 bits per heavy atom. The van der Waals surface area contributed by atoms with Gasteiger partial charge in [0, 0.05) is 28.4 Å². The molecule has 3 N–H and O–H groups in total. The minimum absolute atomic E-state index is 0. The Labute approximate surface area is 152 Å². The zero-order valence-electron chi connectivity index (χ0n) is 12.5. The minimum atomic E-state index is 0. The lowest BCUT2D eigenvalue weighted by atomic mass is 10.1. The summed E-state index contributed by atoms with van der Waals surface area (Å²) < 4.78 is 0. The number of anilines is 3. The maximum absolute atomic E-state index is 5.98. The fourth-order valence-corrected chi connectivity index (χ4v) is 4.32. The molecule has 2 aliphatic rings. The molecule has 6 heteroatoms. The maximum Gasteiger partial charge on any atom is 0.106 e.